The van der Waals surface area contributed by atoms with Crippen molar-refractivity contribution >= 4 is 11.9 Å². The van der Waals surface area contributed by atoms with Crippen LogP contribution in [-0.2, 0) is 9.59 Å². The molecule has 0 saturated carbocycles. The average Bonchev–Trinajstić information content (AvgIpc) is 2.28. The number of carbonyl (C=O) groups is 2. The molecule has 0 spiro atoms. The normalized spacial score (nSPS) is 14.3. The number of unbranched alkanes of at least 4 members (excludes halogenated alkanes) is 2. The highest BCUT2D eigenvalue weighted by molar-refractivity contribution is 5.84. The van der Waals surface area contributed by atoms with Crippen LogP contribution in [0.2, 0.25) is 0 Å². The van der Waals surface area contributed by atoms with E-state index in [4.69, 9.17) is 5.11 Å². The Morgan fingerprint density at radius 3 is 2.28 bits per heavy atom. The number of amides is 1. The molecule has 0 fully saturated rings. The lowest BCUT2D eigenvalue weighted by atomic mass is 9.76. The van der Waals surface area contributed by atoms with E-state index in [1.807, 2.05) is 13.8 Å². The second kappa shape index (κ2) is 8.08. The number of rotatable bonds is 9. The van der Waals surface area contributed by atoms with Crippen molar-refractivity contribution in [1.82, 2.24) is 5.32 Å². The Morgan fingerprint density at radius 2 is 1.83 bits per heavy atom. The summed E-state index contributed by atoms with van der Waals surface area (Å²) in [5.74, 6) is -1.26. The first-order valence-electron chi connectivity index (χ1n) is 6.45. The van der Waals surface area contributed by atoms with Gasteiger partial charge in [0, 0.05) is 19.6 Å². The lowest BCUT2D eigenvalue weighted by Crippen LogP contribution is -2.39. The molecule has 0 bridgehead atoms. The molecule has 0 aliphatic heterocycles. The molecule has 1 amide bonds. The van der Waals surface area contributed by atoms with Crippen molar-refractivity contribution < 1.29 is 19.8 Å². The summed E-state index contributed by atoms with van der Waals surface area (Å²) in [7, 11) is 0. The van der Waals surface area contributed by atoms with Crippen molar-refractivity contribution in [2.24, 2.45) is 11.3 Å². The molecule has 1 atom stereocenters. The van der Waals surface area contributed by atoms with Gasteiger partial charge in [-0.1, -0.05) is 13.8 Å². The second-order valence-electron chi connectivity index (χ2n) is 5.19. The Kier molecular flexibility index (Phi) is 7.59. The first-order valence-corrected chi connectivity index (χ1v) is 6.45. The van der Waals surface area contributed by atoms with Crippen LogP contribution in [-0.4, -0.2) is 35.2 Å². The molecule has 3 N–H and O–H groups in total. The van der Waals surface area contributed by atoms with E-state index in [1.165, 1.54) is 0 Å². The van der Waals surface area contributed by atoms with E-state index in [2.05, 4.69) is 5.32 Å². The van der Waals surface area contributed by atoms with Crippen LogP contribution in [0.15, 0.2) is 0 Å². The highest BCUT2D eigenvalue weighted by atomic mass is 16.4. The zero-order chi connectivity index (χ0) is 14.2. The van der Waals surface area contributed by atoms with Crippen molar-refractivity contribution in [2.45, 2.75) is 46.5 Å². The SMILES string of the molecule is CC(C)C(C)(CC(=O)NCCCCCO)C(=O)O. The van der Waals surface area contributed by atoms with Crippen molar-refractivity contribution in [3.8, 4) is 0 Å². The van der Waals surface area contributed by atoms with Gasteiger partial charge in [0.05, 0.1) is 5.41 Å². The van der Waals surface area contributed by atoms with Crippen LogP contribution in [0.4, 0.5) is 0 Å². The third kappa shape index (κ3) is 5.49. The fourth-order valence-corrected chi connectivity index (χ4v) is 1.56. The van der Waals surface area contributed by atoms with E-state index in [-0.39, 0.29) is 24.9 Å². The number of hydrogen-bond donors (Lipinski definition) is 3. The summed E-state index contributed by atoms with van der Waals surface area (Å²) >= 11 is 0. The lowest BCUT2D eigenvalue weighted by molar-refractivity contribution is -0.153. The predicted molar refractivity (Wildman–Crippen MR) is 69.1 cm³/mol. The molecule has 0 heterocycles. The number of aliphatic carboxylic acids is 1. The Bertz CT molecular complexity index is 278. The summed E-state index contributed by atoms with van der Waals surface area (Å²) in [6.07, 6.45) is 2.39. The maximum absolute atomic E-state index is 11.7. The number of hydrogen-bond acceptors (Lipinski definition) is 3. The van der Waals surface area contributed by atoms with Gasteiger partial charge in [-0.15, -0.1) is 0 Å². The van der Waals surface area contributed by atoms with Crippen molar-refractivity contribution in [3.63, 3.8) is 0 Å². The van der Waals surface area contributed by atoms with Gasteiger partial charge >= 0.3 is 5.97 Å². The van der Waals surface area contributed by atoms with E-state index < -0.39 is 11.4 Å². The Labute approximate surface area is 109 Å². The molecular formula is C13H25NO4. The van der Waals surface area contributed by atoms with Gasteiger partial charge in [-0.05, 0) is 32.1 Å². The van der Waals surface area contributed by atoms with E-state index in [0.29, 0.717) is 6.54 Å². The zero-order valence-corrected chi connectivity index (χ0v) is 11.5. The van der Waals surface area contributed by atoms with Gasteiger partial charge in [0.15, 0.2) is 0 Å². The van der Waals surface area contributed by atoms with Crippen molar-refractivity contribution in [1.29, 1.82) is 0 Å². The molecule has 0 radical (unpaired) electrons. The van der Waals surface area contributed by atoms with Gasteiger partial charge in [-0.25, -0.2) is 0 Å². The molecule has 0 aromatic rings. The molecule has 5 heteroatoms. The molecule has 1 unspecified atom stereocenters. The van der Waals surface area contributed by atoms with Gasteiger partial charge in [-0.3, -0.25) is 9.59 Å². The second-order valence-corrected chi connectivity index (χ2v) is 5.19. The maximum Gasteiger partial charge on any atom is 0.310 e. The molecular weight excluding hydrogens is 234 g/mol. The predicted octanol–water partition coefficient (Wildman–Crippen LogP) is 1.40. The molecule has 5 nitrogen and oxygen atoms in total. The van der Waals surface area contributed by atoms with E-state index in [9.17, 15) is 14.7 Å². The highest BCUT2D eigenvalue weighted by Gasteiger charge is 2.38. The van der Waals surface area contributed by atoms with Crippen LogP contribution in [0.25, 0.3) is 0 Å². The van der Waals surface area contributed by atoms with Gasteiger partial charge < -0.3 is 15.5 Å². The largest absolute Gasteiger partial charge is 0.481 e. The average molecular weight is 259 g/mol. The van der Waals surface area contributed by atoms with Gasteiger partial charge in [-0.2, -0.15) is 0 Å². The third-order valence-corrected chi connectivity index (χ3v) is 3.45. The third-order valence-electron chi connectivity index (χ3n) is 3.45. The maximum atomic E-state index is 11.7. The fourth-order valence-electron chi connectivity index (χ4n) is 1.56. The number of carbonyl (C=O) groups excluding carboxylic acids is 1. The minimum atomic E-state index is -1.02. The smallest absolute Gasteiger partial charge is 0.310 e. The first kappa shape index (κ1) is 16.9. The molecule has 0 aliphatic rings. The quantitative estimate of drug-likeness (QED) is 0.546. The van der Waals surface area contributed by atoms with E-state index in [0.717, 1.165) is 19.3 Å². The minimum absolute atomic E-state index is 0. The summed E-state index contributed by atoms with van der Waals surface area (Å²) in [6, 6.07) is 0. The molecule has 106 valence electrons. The summed E-state index contributed by atoms with van der Waals surface area (Å²) < 4.78 is 0. The van der Waals surface area contributed by atoms with E-state index >= 15 is 0 Å². The standard InChI is InChI=1S/C13H25NO4/c1-10(2)13(3,12(17)18)9-11(16)14-7-5-4-6-8-15/h10,15H,4-9H2,1-3H3,(H,14,16)(H,17,18). The van der Waals surface area contributed by atoms with Crippen LogP contribution in [0.3, 0.4) is 0 Å². The van der Waals surface area contributed by atoms with Crippen molar-refractivity contribution in [3.05, 3.63) is 0 Å². The van der Waals surface area contributed by atoms with Gasteiger partial charge in [0.25, 0.3) is 0 Å². The summed E-state index contributed by atoms with van der Waals surface area (Å²) in [6.45, 7) is 5.92. The molecule has 0 aromatic carbocycles. The summed E-state index contributed by atoms with van der Waals surface area (Å²) in [5.41, 5.74) is -1.02. The first-order chi connectivity index (χ1) is 8.34. The molecule has 0 rings (SSSR count). The van der Waals surface area contributed by atoms with Crippen LogP contribution < -0.4 is 5.32 Å². The topological polar surface area (TPSA) is 86.6 Å². The fraction of sp³-hybridized carbons (Fsp3) is 0.846. The van der Waals surface area contributed by atoms with Crippen LogP contribution in [0, 0.1) is 11.3 Å². The highest BCUT2D eigenvalue weighted by Crippen LogP contribution is 2.31. The van der Waals surface area contributed by atoms with Crippen LogP contribution in [0.1, 0.15) is 46.5 Å². The molecule has 0 saturated heterocycles. The monoisotopic (exact) mass is 259 g/mol. The number of carboxylic acids is 1. The summed E-state index contributed by atoms with van der Waals surface area (Å²) in [5, 5.41) is 20.5. The van der Waals surface area contributed by atoms with Crippen molar-refractivity contribution in [2.75, 3.05) is 13.2 Å². The molecule has 18 heavy (non-hydrogen) atoms. The number of carboxylic acid groups (broad SMARTS) is 1. The summed E-state index contributed by atoms with van der Waals surface area (Å²) in [4.78, 5) is 22.9. The Balaban J connectivity index is 4.09. The zero-order valence-electron chi connectivity index (χ0n) is 11.5. The van der Waals surface area contributed by atoms with Crippen LogP contribution >= 0.6 is 0 Å². The molecule has 0 aliphatic carbocycles. The van der Waals surface area contributed by atoms with Crippen LogP contribution in [0.5, 0.6) is 0 Å². The number of aliphatic hydroxyl groups is 1. The Hall–Kier alpha value is -1.10. The number of nitrogens with one attached hydrogen (secondary N) is 1. The van der Waals surface area contributed by atoms with Gasteiger partial charge in [0.1, 0.15) is 0 Å². The van der Waals surface area contributed by atoms with E-state index in [1.54, 1.807) is 6.92 Å². The molecule has 0 aromatic heterocycles. The minimum Gasteiger partial charge on any atom is -0.481 e. The lowest BCUT2D eigenvalue weighted by Gasteiger charge is -2.28. The Morgan fingerprint density at radius 1 is 1.22 bits per heavy atom. The van der Waals surface area contributed by atoms with Gasteiger partial charge in [0.2, 0.25) is 5.91 Å². The number of aliphatic hydroxyl groups excluding tert-OH is 1.